The maximum absolute atomic E-state index is 10.9. The van der Waals surface area contributed by atoms with E-state index < -0.39 is 10.9 Å². The molecule has 6 heteroatoms. The number of hydrogen-bond donors (Lipinski definition) is 2. The van der Waals surface area contributed by atoms with Crippen molar-refractivity contribution in [3.8, 4) is 0 Å². The lowest BCUT2D eigenvalue weighted by Crippen LogP contribution is -2.13. The van der Waals surface area contributed by atoms with Gasteiger partial charge in [0.1, 0.15) is 0 Å². The van der Waals surface area contributed by atoms with Crippen LogP contribution in [0.15, 0.2) is 48.5 Å². The second kappa shape index (κ2) is 6.62. The quantitative estimate of drug-likeness (QED) is 0.629. The average Bonchev–Trinajstić information content (AvgIpc) is 2.48. The lowest BCUT2D eigenvalue weighted by Gasteiger charge is -2.06. The minimum absolute atomic E-state index is 0.0576. The van der Waals surface area contributed by atoms with Gasteiger partial charge in [0.05, 0.1) is 10.5 Å². The van der Waals surface area contributed by atoms with Crippen LogP contribution in [0.4, 0.5) is 5.69 Å². The highest BCUT2D eigenvalue weighted by Gasteiger charge is 2.06. The predicted octanol–water partition coefficient (Wildman–Crippen LogP) is 2.58. The van der Waals surface area contributed by atoms with Gasteiger partial charge in [-0.1, -0.05) is 24.3 Å². The number of hydrogen-bond acceptors (Lipinski definition) is 4. The van der Waals surface area contributed by atoms with E-state index in [-0.39, 0.29) is 11.3 Å². The summed E-state index contributed by atoms with van der Waals surface area (Å²) >= 11 is 0. The summed E-state index contributed by atoms with van der Waals surface area (Å²) in [4.78, 5) is 21.1. The van der Waals surface area contributed by atoms with E-state index in [4.69, 9.17) is 5.11 Å². The van der Waals surface area contributed by atoms with Crippen LogP contribution in [-0.4, -0.2) is 16.0 Å². The Kier molecular flexibility index (Phi) is 4.63. The molecule has 2 N–H and O–H groups in total. The molecule has 0 unspecified atom stereocenters. The van der Waals surface area contributed by atoms with Crippen LogP contribution in [0.1, 0.15) is 21.5 Å². The van der Waals surface area contributed by atoms with Crippen molar-refractivity contribution >= 4 is 11.7 Å². The lowest BCUT2D eigenvalue weighted by atomic mass is 10.1. The molecule has 0 saturated carbocycles. The number of carboxylic acid groups (broad SMARTS) is 1. The second-order valence-electron chi connectivity index (χ2n) is 4.54. The van der Waals surface area contributed by atoms with Crippen LogP contribution in [0.25, 0.3) is 0 Å². The molecule has 6 nitrogen and oxygen atoms in total. The maximum atomic E-state index is 10.9. The number of carbonyl (C=O) groups is 1. The molecular formula is C15H14N2O4. The Morgan fingerprint density at radius 3 is 2.33 bits per heavy atom. The summed E-state index contributed by atoms with van der Waals surface area (Å²) < 4.78 is 0. The van der Waals surface area contributed by atoms with Gasteiger partial charge in [-0.15, -0.1) is 0 Å². The Labute approximate surface area is 121 Å². The van der Waals surface area contributed by atoms with Crippen molar-refractivity contribution in [2.75, 3.05) is 0 Å². The molecule has 2 rings (SSSR count). The van der Waals surface area contributed by atoms with Crippen LogP contribution in [0, 0.1) is 10.1 Å². The Hall–Kier alpha value is -2.73. The van der Waals surface area contributed by atoms with Crippen molar-refractivity contribution in [2.24, 2.45) is 0 Å². The molecule has 0 radical (unpaired) electrons. The monoisotopic (exact) mass is 286 g/mol. The van der Waals surface area contributed by atoms with Crippen molar-refractivity contribution in [3.63, 3.8) is 0 Å². The summed E-state index contributed by atoms with van der Waals surface area (Å²) in [6, 6.07) is 13.0. The van der Waals surface area contributed by atoms with E-state index in [0.29, 0.717) is 13.1 Å². The number of benzene rings is 2. The molecular weight excluding hydrogens is 272 g/mol. The minimum atomic E-state index is -0.962. The first-order valence-electron chi connectivity index (χ1n) is 6.32. The second-order valence-corrected chi connectivity index (χ2v) is 4.54. The number of nitro groups is 1. The molecule has 108 valence electrons. The Morgan fingerprint density at radius 2 is 1.71 bits per heavy atom. The molecule has 0 aliphatic heterocycles. The van der Waals surface area contributed by atoms with Crippen LogP contribution in [0.3, 0.4) is 0 Å². The van der Waals surface area contributed by atoms with Crippen LogP contribution in [0.5, 0.6) is 0 Å². The summed E-state index contributed by atoms with van der Waals surface area (Å²) in [6.07, 6.45) is 0. The molecule has 2 aromatic rings. The van der Waals surface area contributed by atoms with E-state index in [0.717, 1.165) is 11.1 Å². The predicted molar refractivity (Wildman–Crippen MR) is 77.0 cm³/mol. The number of carboxylic acids is 1. The summed E-state index contributed by atoms with van der Waals surface area (Å²) in [5.41, 5.74) is 1.95. The Balaban J connectivity index is 1.95. The highest BCUT2D eigenvalue weighted by Crippen LogP contribution is 2.13. The molecule has 0 fully saturated rings. The van der Waals surface area contributed by atoms with Gasteiger partial charge >= 0.3 is 5.97 Å². The molecule has 0 heterocycles. The number of non-ortho nitro benzene ring substituents is 1. The van der Waals surface area contributed by atoms with Crippen LogP contribution >= 0.6 is 0 Å². The van der Waals surface area contributed by atoms with Gasteiger partial charge in [-0.3, -0.25) is 10.1 Å². The minimum Gasteiger partial charge on any atom is -0.478 e. The van der Waals surface area contributed by atoms with Crippen molar-refractivity contribution in [1.82, 2.24) is 5.32 Å². The first-order valence-corrected chi connectivity index (χ1v) is 6.32. The SMILES string of the molecule is O=C(O)c1cccc(CNCc2cccc([N+](=O)[O-])c2)c1. The van der Waals surface area contributed by atoms with E-state index in [2.05, 4.69) is 5.32 Å². The number of nitro benzene ring substituents is 1. The van der Waals surface area contributed by atoms with Crippen molar-refractivity contribution in [1.29, 1.82) is 0 Å². The molecule has 0 aromatic heterocycles. The first-order chi connectivity index (χ1) is 10.1. The number of nitrogens with zero attached hydrogens (tertiary/aromatic N) is 1. The third kappa shape index (κ3) is 4.12. The number of rotatable bonds is 6. The van der Waals surface area contributed by atoms with Gasteiger partial charge in [-0.05, 0) is 23.3 Å². The molecule has 0 saturated heterocycles. The third-order valence-corrected chi connectivity index (χ3v) is 2.95. The third-order valence-electron chi connectivity index (χ3n) is 2.95. The fourth-order valence-electron chi connectivity index (χ4n) is 1.95. The van der Waals surface area contributed by atoms with Crippen LogP contribution in [0.2, 0.25) is 0 Å². The fraction of sp³-hybridized carbons (Fsp3) is 0.133. The Bertz CT molecular complexity index is 613. The normalized spacial score (nSPS) is 10.3. The van der Waals surface area contributed by atoms with E-state index in [9.17, 15) is 14.9 Å². The van der Waals surface area contributed by atoms with Crippen molar-refractivity contribution in [2.45, 2.75) is 13.1 Å². The zero-order chi connectivity index (χ0) is 15.2. The van der Waals surface area contributed by atoms with Crippen molar-refractivity contribution < 1.29 is 14.8 Å². The zero-order valence-corrected chi connectivity index (χ0v) is 11.2. The molecule has 21 heavy (non-hydrogen) atoms. The molecule has 0 bridgehead atoms. The van der Waals surface area contributed by atoms with Crippen LogP contribution < -0.4 is 5.32 Å². The molecule has 0 spiro atoms. The van der Waals surface area contributed by atoms with Gasteiger partial charge in [0.2, 0.25) is 0 Å². The molecule has 0 atom stereocenters. The first kappa shape index (κ1) is 14.7. The van der Waals surface area contributed by atoms with Crippen LogP contribution in [-0.2, 0) is 13.1 Å². The van der Waals surface area contributed by atoms with Crippen molar-refractivity contribution in [3.05, 3.63) is 75.3 Å². The van der Waals surface area contributed by atoms with Gasteiger partial charge in [-0.2, -0.15) is 0 Å². The van der Waals surface area contributed by atoms with Gasteiger partial charge in [-0.25, -0.2) is 4.79 Å². The average molecular weight is 286 g/mol. The number of aromatic carboxylic acids is 1. The molecule has 0 aliphatic rings. The lowest BCUT2D eigenvalue weighted by molar-refractivity contribution is -0.384. The van der Waals surface area contributed by atoms with E-state index in [1.54, 1.807) is 24.3 Å². The molecule has 0 aliphatic carbocycles. The van der Waals surface area contributed by atoms with E-state index in [1.165, 1.54) is 18.2 Å². The topological polar surface area (TPSA) is 92.5 Å². The van der Waals surface area contributed by atoms with Gasteiger partial charge in [0, 0.05) is 25.2 Å². The number of nitrogens with one attached hydrogen (secondary N) is 1. The summed E-state index contributed by atoms with van der Waals surface area (Å²) in [7, 11) is 0. The highest BCUT2D eigenvalue weighted by atomic mass is 16.6. The van der Waals surface area contributed by atoms with E-state index in [1.807, 2.05) is 6.07 Å². The maximum Gasteiger partial charge on any atom is 0.335 e. The van der Waals surface area contributed by atoms with Gasteiger partial charge in [0.15, 0.2) is 0 Å². The molecule has 2 aromatic carbocycles. The largest absolute Gasteiger partial charge is 0.478 e. The summed E-state index contributed by atoms with van der Waals surface area (Å²) in [5, 5.41) is 22.7. The van der Waals surface area contributed by atoms with Gasteiger partial charge < -0.3 is 10.4 Å². The fourth-order valence-corrected chi connectivity index (χ4v) is 1.95. The standard InChI is InChI=1S/C15H14N2O4/c18-15(19)13-5-1-3-11(7-13)9-16-10-12-4-2-6-14(8-12)17(20)21/h1-8,16H,9-10H2,(H,18,19). The van der Waals surface area contributed by atoms with E-state index >= 15 is 0 Å². The summed E-state index contributed by atoms with van der Waals surface area (Å²) in [6.45, 7) is 0.961. The smallest absolute Gasteiger partial charge is 0.335 e. The Morgan fingerprint density at radius 1 is 1.10 bits per heavy atom. The zero-order valence-electron chi connectivity index (χ0n) is 11.2. The highest BCUT2D eigenvalue weighted by molar-refractivity contribution is 5.87. The molecule has 0 amide bonds. The van der Waals surface area contributed by atoms with Gasteiger partial charge in [0.25, 0.3) is 5.69 Å². The summed E-state index contributed by atoms with van der Waals surface area (Å²) in [5.74, 6) is -0.962.